The number of rotatable bonds is 6. The third kappa shape index (κ3) is 3.79. The number of hydrogen-bond donors (Lipinski definition) is 1. The Balaban J connectivity index is 2.92. The molecule has 0 fully saturated rings. The minimum Gasteiger partial charge on any atom is -0.476 e. The monoisotopic (exact) mass is 256 g/mol. The molecule has 1 aromatic rings. The molecular formula is C10H12N2O4S. The molecule has 17 heavy (non-hydrogen) atoms. The second-order valence-corrected chi connectivity index (χ2v) is 4.67. The van der Waals surface area contributed by atoms with E-state index in [-0.39, 0.29) is 16.5 Å². The summed E-state index contributed by atoms with van der Waals surface area (Å²) in [7, 11) is 1.58. The smallest absolute Gasteiger partial charge is 0.355 e. The van der Waals surface area contributed by atoms with Crippen molar-refractivity contribution in [3.63, 3.8) is 0 Å². The number of thioether (sulfide) groups is 1. The van der Waals surface area contributed by atoms with E-state index in [0.29, 0.717) is 18.0 Å². The van der Waals surface area contributed by atoms with Crippen LogP contribution < -0.4 is 0 Å². The Kier molecular flexibility index (Phi) is 5.05. The van der Waals surface area contributed by atoms with E-state index in [1.807, 2.05) is 6.92 Å². The predicted octanol–water partition coefficient (Wildman–Crippen LogP) is 1.11. The van der Waals surface area contributed by atoms with E-state index in [9.17, 15) is 9.59 Å². The van der Waals surface area contributed by atoms with Crippen LogP contribution in [-0.2, 0) is 4.74 Å². The zero-order valence-corrected chi connectivity index (χ0v) is 10.2. The van der Waals surface area contributed by atoms with Crippen LogP contribution in [0.2, 0.25) is 0 Å². The highest BCUT2D eigenvalue weighted by molar-refractivity contribution is 7.99. The number of aromatic nitrogens is 2. The summed E-state index contributed by atoms with van der Waals surface area (Å²) in [5, 5.41) is 9.29. The van der Waals surface area contributed by atoms with E-state index < -0.39 is 5.97 Å². The van der Waals surface area contributed by atoms with Gasteiger partial charge in [-0.05, 0) is 0 Å². The van der Waals surface area contributed by atoms with Crippen molar-refractivity contribution in [2.75, 3.05) is 13.7 Å². The molecule has 0 aliphatic carbocycles. The molecule has 0 spiro atoms. The molecule has 0 aliphatic rings. The van der Waals surface area contributed by atoms with Crippen LogP contribution in [0.1, 0.15) is 27.8 Å². The van der Waals surface area contributed by atoms with Crippen molar-refractivity contribution in [2.24, 2.45) is 0 Å². The van der Waals surface area contributed by atoms with Gasteiger partial charge < -0.3 is 9.84 Å². The molecule has 1 atom stereocenters. The topological polar surface area (TPSA) is 89.4 Å². The van der Waals surface area contributed by atoms with E-state index >= 15 is 0 Å². The quantitative estimate of drug-likeness (QED) is 0.463. The highest BCUT2D eigenvalue weighted by Crippen LogP contribution is 2.20. The third-order valence-electron chi connectivity index (χ3n) is 1.83. The number of carboxylic acid groups (broad SMARTS) is 1. The van der Waals surface area contributed by atoms with Gasteiger partial charge in [-0.1, -0.05) is 18.7 Å². The van der Waals surface area contributed by atoms with Gasteiger partial charge in [0.2, 0.25) is 0 Å². The van der Waals surface area contributed by atoms with Crippen molar-refractivity contribution in [3.05, 3.63) is 17.5 Å². The number of carbonyl (C=O) groups excluding carboxylic acids is 1. The van der Waals surface area contributed by atoms with Crippen LogP contribution in [0.25, 0.3) is 0 Å². The number of ether oxygens (including phenoxy) is 1. The Morgan fingerprint density at radius 1 is 1.71 bits per heavy atom. The second-order valence-electron chi connectivity index (χ2n) is 3.26. The van der Waals surface area contributed by atoms with Gasteiger partial charge in [-0.3, -0.25) is 4.79 Å². The summed E-state index contributed by atoms with van der Waals surface area (Å²) < 4.78 is 4.95. The first kappa shape index (κ1) is 13.6. The summed E-state index contributed by atoms with van der Waals surface area (Å²) in [6.07, 6.45) is 1.64. The lowest BCUT2D eigenvalue weighted by atomic mass is 10.2. The van der Waals surface area contributed by atoms with Crippen molar-refractivity contribution in [1.29, 1.82) is 0 Å². The summed E-state index contributed by atoms with van der Waals surface area (Å²) in [5.74, 6) is -1.24. The Morgan fingerprint density at radius 2 is 2.41 bits per heavy atom. The molecule has 1 rings (SSSR count). The molecule has 6 nitrogen and oxygen atoms in total. The molecule has 0 saturated carbocycles. The van der Waals surface area contributed by atoms with Gasteiger partial charge >= 0.3 is 5.97 Å². The fourth-order valence-electron chi connectivity index (χ4n) is 1.14. The molecule has 0 aromatic carbocycles. The van der Waals surface area contributed by atoms with Crippen LogP contribution >= 0.6 is 11.8 Å². The fraction of sp³-hybridized carbons (Fsp3) is 0.400. The second kappa shape index (κ2) is 6.31. The van der Waals surface area contributed by atoms with E-state index in [0.717, 1.165) is 0 Å². The number of aldehydes is 1. The number of nitrogens with zero attached hydrogens (tertiary/aromatic N) is 2. The molecule has 7 heteroatoms. The first-order valence-electron chi connectivity index (χ1n) is 4.79. The number of hydrogen-bond acceptors (Lipinski definition) is 6. The Bertz CT molecular complexity index is 425. The van der Waals surface area contributed by atoms with Gasteiger partial charge in [0.1, 0.15) is 0 Å². The van der Waals surface area contributed by atoms with Crippen LogP contribution in [0.4, 0.5) is 0 Å². The average molecular weight is 256 g/mol. The van der Waals surface area contributed by atoms with Crippen molar-refractivity contribution in [1.82, 2.24) is 9.97 Å². The molecule has 0 aliphatic heterocycles. The maximum absolute atomic E-state index is 10.9. The van der Waals surface area contributed by atoms with Gasteiger partial charge in [-0.25, -0.2) is 14.8 Å². The molecular weight excluding hydrogens is 244 g/mol. The SMILES string of the molecule is COCC(C)Sc1ncc(C=O)c(C(=O)O)n1. The zero-order chi connectivity index (χ0) is 12.8. The summed E-state index contributed by atoms with van der Waals surface area (Å²) in [6, 6.07) is 0. The molecule has 0 bridgehead atoms. The van der Waals surface area contributed by atoms with Crippen LogP contribution in [0, 0.1) is 0 Å². The summed E-state index contributed by atoms with van der Waals surface area (Å²) in [6.45, 7) is 2.41. The normalized spacial score (nSPS) is 12.1. The van der Waals surface area contributed by atoms with Crippen LogP contribution in [0.5, 0.6) is 0 Å². The minimum atomic E-state index is -1.24. The van der Waals surface area contributed by atoms with Crippen LogP contribution in [0.15, 0.2) is 11.4 Å². The molecule has 1 aromatic heterocycles. The number of carbonyl (C=O) groups is 2. The minimum absolute atomic E-state index is 0.0266. The molecule has 0 radical (unpaired) electrons. The highest BCUT2D eigenvalue weighted by atomic mass is 32.2. The maximum atomic E-state index is 10.9. The number of methoxy groups -OCH3 is 1. The first-order valence-corrected chi connectivity index (χ1v) is 5.67. The largest absolute Gasteiger partial charge is 0.476 e. The Labute approximate surface area is 102 Å². The Morgan fingerprint density at radius 3 is 2.94 bits per heavy atom. The lowest BCUT2D eigenvalue weighted by molar-refractivity contribution is 0.0686. The van der Waals surface area contributed by atoms with Gasteiger partial charge in [0, 0.05) is 18.6 Å². The highest BCUT2D eigenvalue weighted by Gasteiger charge is 2.15. The van der Waals surface area contributed by atoms with Gasteiger partial charge in [0.05, 0.1) is 12.2 Å². The maximum Gasteiger partial charge on any atom is 0.355 e. The van der Waals surface area contributed by atoms with E-state index in [2.05, 4.69) is 9.97 Å². The van der Waals surface area contributed by atoms with Crippen molar-refractivity contribution in [2.45, 2.75) is 17.3 Å². The average Bonchev–Trinajstić information content (AvgIpc) is 2.29. The summed E-state index contributed by atoms with van der Waals surface area (Å²) in [5.41, 5.74) is -0.302. The van der Waals surface area contributed by atoms with Crippen molar-refractivity contribution < 1.29 is 19.4 Å². The third-order valence-corrected chi connectivity index (χ3v) is 2.78. The zero-order valence-electron chi connectivity index (χ0n) is 9.41. The molecule has 1 N–H and O–H groups in total. The van der Waals surface area contributed by atoms with Crippen LogP contribution in [-0.4, -0.2) is 46.3 Å². The Hall–Kier alpha value is -1.47. The van der Waals surface area contributed by atoms with Gasteiger partial charge in [-0.15, -0.1) is 0 Å². The van der Waals surface area contributed by atoms with Gasteiger partial charge in [0.15, 0.2) is 17.1 Å². The number of aromatic carboxylic acids is 1. The molecule has 0 amide bonds. The fourth-order valence-corrected chi connectivity index (χ4v) is 1.96. The molecule has 92 valence electrons. The van der Waals surface area contributed by atoms with E-state index in [1.165, 1.54) is 18.0 Å². The van der Waals surface area contributed by atoms with Crippen molar-refractivity contribution in [3.8, 4) is 0 Å². The van der Waals surface area contributed by atoms with Crippen molar-refractivity contribution >= 4 is 24.0 Å². The molecule has 1 heterocycles. The lowest BCUT2D eigenvalue weighted by Crippen LogP contribution is -2.10. The molecule has 1 unspecified atom stereocenters. The van der Waals surface area contributed by atoms with Gasteiger partial charge in [0.25, 0.3) is 0 Å². The predicted molar refractivity (Wildman–Crippen MR) is 61.6 cm³/mol. The van der Waals surface area contributed by atoms with Crippen LogP contribution in [0.3, 0.4) is 0 Å². The summed E-state index contributed by atoms with van der Waals surface area (Å²) >= 11 is 1.29. The number of carboxylic acids is 1. The lowest BCUT2D eigenvalue weighted by Gasteiger charge is -2.08. The summed E-state index contributed by atoms with van der Waals surface area (Å²) in [4.78, 5) is 29.2. The first-order chi connectivity index (χ1) is 8.08. The van der Waals surface area contributed by atoms with E-state index in [1.54, 1.807) is 7.11 Å². The molecule has 0 saturated heterocycles. The van der Waals surface area contributed by atoms with E-state index in [4.69, 9.17) is 9.84 Å². The standard InChI is InChI=1S/C10H12N2O4S/c1-6(5-16-2)17-10-11-3-7(4-13)8(12-10)9(14)15/h3-4,6H,5H2,1-2H3,(H,14,15). The van der Waals surface area contributed by atoms with Gasteiger partial charge in [-0.2, -0.15) is 0 Å².